The van der Waals surface area contributed by atoms with Gasteiger partial charge in [-0.05, 0) is 43.4 Å². The molecule has 1 saturated carbocycles. The summed E-state index contributed by atoms with van der Waals surface area (Å²) in [5.41, 5.74) is 7.12. The summed E-state index contributed by atoms with van der Waals surface area (Å²) >= 11 is 0. The van der Waals surface area contributed by atoms with Gasteiger partial charge in [0.05, 0.1) is 5.54 Å². The number of rotatable bonds is 8. The van der Waals surface area contributed by atoms with E-state index in [4.69, 9.17) is 5.73 Å². The zero-order chi connectivity index (χ0) is 18.3. The third-order valence-electron chi connectivity index (χ3n) is 5.53. The lowest BCUT2D eigenvalue weighted by Crippen LogP contribution is -2.52. The van der Waals surface area contributed by atoms with Crippen molar-refractivity contribution in [1.29, 1.82) is 0 Å². The van der Waals surface area contributed by atoms with Crippen LogP contribution < -0.4 is 16.4 Å². The Kier molecular flexibility index (Phi) is 7.00. The molecule has 1 aliphatic rings. The van der Waals surface area contributed by atoms with Crippen molar-refractivity contribution in [2.24, 2.45) is 11.7 Å². The van der Waals surface area contributed by atoms with Crippen molar-refractivity contribution < 1.29 is 9.59 Å². The zero-order valence-electron chi connectivity index (χ0n) is 15.4. The van der Waals surface area contributed by atoms with Gasteiger partial charge in [0.25, 0.3) is 5.91 Å². The lowest BCUT2D eigenvalue weighted by atomic mass is 9.92. The number of hydrogen-bond acceptors (Lipinski definition) is 3. The molecule has 0 unspecified atom stereocenters. The molecule has 1 aromatic carbocycles. The van der Waals surface area contributed by atoms with Gasteiger partial charge < -0.3 is 16.4 Å². The summed E-state index contributed by atoms with van der Waals surface area (Å²) in [6, 6.07) is 7.40. The Morgan fingerprint density at radius 3 is 2.24 bits per heavy atom. The normalized spacial score (nSPS) is 15.2. The van der Waals surface area contributed by atoms with Crippen molar-refractivity contribution in [2.75, 3.05) is 6.54 Å². The van der Waals surface area contributed by atoms with Gasteiger partial charge in [-0.15, -0.1) is 0 Å². The fourth-order valence-corrected chi connectivity index (χ4v) is 3.37. The Morgan fingerprint density at radius 1 is 1.12 bits per heavy atom. The first-order valence-corrected chi connectivity index (χ1v) is 9.43. The van der Waals surface area contributed by atoms with Crippen LogP contribution in [-0.4, -0.2) is 23.9 Å². The standard InChI is InChI=1S/C20H31N3O2/c1-3-20(4-2,14-21)23-19(25)17-11-9-15(10-12-17)13-22-18(24)16-7-5-6-8-16/h9-12,16H,3-8,13-14,21H2,1-2H3,(H,22,24)(H,23,25). The van der Waals surface area contributed by atoms with Crippen molar-refractivity contribution in [3.8, 4) is 0 Å². The van der Waals surface area contributed by atoms with E-state index in [1.54, 1.807) is 12.1 Å². The van der Waals surface area contributed by atoms with Crippen LogP contribution in [0.1, 0.15) is 68.3 Å². The van der Waals surface area contributed by atoms with E-state index in [0.29, 0.717) is 18.7 Å². The minimum Gasteiger partial charge on any atom is -0.352 e. The fourth-order valence-electron chi connectivity index (χ4n) is 3.37. The molecule has 0 saturated heterocycles. The Balaban J connectivity index is 1.90. The molecular weight excluding hydrogens is 314 g/mol. The fraction of sp³-hybridized carbons (Fsp3) is 0.600. The molecule has 25 heavy (non-hydrogen) atoms. The number of carbonyl (C=O) groups excluding carboxylic acids is 2. The van der Waals surface area contributed by atoms with Crippen molar-refractivity contribution in [3.63, 3.8) is 0 Å². The molecule has 5 nitrogen and oxygen atoms in total. The molecule has 0 aromatic heterocycles. The monoisotopic (exact) mass is 345 g/mol. The molecule has 2 amide bonds. The van der Waals surface area contributed by atoms with Crippen molar-refractivity contribution >= 4 is 11.8 Å². The highest BCUT2D eigenvalue weighted by molar-refractivity contribution is 5.94. The second-order valence-corrected chi connectivity index (χ2v) is 7.04. The quantitative estimate of drug-likeness (QED) is 0.677. The van der Waals surface area contributed by atoms with E-state index in [9.17, 15) is 9.59 Å². The summed E-state index contributed by atoms with van der Waals surface area (Å²) in [6.07, 6.45) is 5.92. The zero-order valence-corrected chi connectivity index (χ0v) is 15.4. The Morgan fingerprint density at radius 2 is 1.72 bits per heavy atom. The Labute approximate surface area is 150 Å². The van der Waals surface area contributed by atoms with Crippen LogP contribution in [-0.2, 0) is 11.3 Å². The number of carbonyl (C=O) groups is 2. The van der Waals surface area contributed by atoms with Crippen molar-refractivity contribution in [1.82, 2.24) is 10.6 Å². The third kappa shape index (κ3) is 5.05. The predicted octanol–water partition coefficient (Wildman–Crippen LogP) is 2.74. The minimum atomic E-state index is -0.342. The highest BCUT2D eigenvalue weighted by Gasteiger charge is 2.26. The van der Waals surface area contributed by atoms with E-state index in [2.05, 4.69) is 10.6 Å². The maximum absolute atomic E-state index is 12.5. The molecule has 0 bridgehead atoms. The number of hydrogen-bond donors (Lipinski definition) is 3. The van der Waals surface area contributed by atoms with Crippen LogP contribution in [0.15, 0.2) is 24.3 Å². The van der Waals surface area contributed by atoms with Crippen LogP contribution in [0, 0.1) is 5.92 Å². The van der Waals surface area contributed by atoms with E-state index >= 15 is 0 Å². The number of benzene rings is 1. The van der Waals surface area contributed by atoms with Crippen LogP contribution in [0.5, 0.6) is 0 Å². The molecule has 1 aromatic rings. The second-order valence-electron chi connectivity index (χ2n) is 7.04. The summed E-state index contributed by atoms with van der Waals surface area (Å²) in [5.74, 6) is 0.228. The molecule has 0 atom stereocenters. The number of nitrogens with two attached hydrogens (primary N) is 1. The van der Waals surface area contributed by atoms with Crippen LogP contribution in [0.3, 0.4) is 0 Å². The molecule has 0 aliphatic heterocycles. The highest BCUT2D eigenvalue weighted by atomic mass is 16.2. The molecule has 2 rings (SSSR count). The molecule has 138 valence electrons. The summed E-state index contributed by atoms with van der Waals surface area (Å²) in [7, 11) is 0. The van der Waals surface area contributed by atoms with Gasteiger partial charge in [-0.25, -0.2) is 0 Å². The lowest BCUT2D eigenvalue weighted by molar-refractivity contribution is -0.124. The van der Waals surface area contributed by atoms with Crippen molar-refractivity contribution in [3.05, 3.63) is 35.4 Å². The molecule has 4 N–H and O–H groups in total. The topological polar surface area (TPSA) is 84.2 Å². The molecule has 1 fully saturated rings. The van der Waals surface area contributed by atoms with Gasteiger partial charge >= 0.3 is 0 Å². The molecule has 0 spiro atoms. The molecule has 1 aliphatic carbocycles. The minimum absolute atomic E-state index is 0.101. The van der Waals surface area contributed by atoms with Gasteiger partial charge in [0, 0.05) is 24.6 Å². The first-order chi connectivity index (χ1) is 12.0. The van der Waals surface area contributed by atoms with E-state index < -0.39 is 0 Å². The molecule has 5 heteroatoms. The predicted molar refractivity (Wildman–Crippen MR) is 100 cm³/mol. The lowest BCUT2D eigenvalue weighted by Gasteiger charge is -2.31. The van der Waals surface area contributed by atoms with E-state index in [-0.39, 0.29) is 23.3 Å². The van der Waals surface area contributed by atoms with Gasteiger partial charge in [-0.2, -0.15) is 0 Å². The summed E-state index contributed by atoms with van der Waals surface area (Å²) < 4.78 is 0. The average molecular weight is 345 g/mol. The first kappa shape index (κ1) is 19.4. The van der Waals surface area contributed by atoms with E-state index in [0.717, 1.165) is 44.1 Å². The van der Waals surface area contributed by atoms with Gasteiger partial charge in [0.2, 0.25) is 5.91 Å². The van der Waals surface area contributed by atoms with Crippen molar-refractivity contribution in [2.45, 2.75) is 64.5 Å². The average Bonchev–Trinajstić information content (AvgIpc) is 3.19. The first-order valence-electron chi connectivity index (χ1n) is 9.43. The third-order valence-corrected chi connectivity index (χ3v) is 5.53. The van der Waals surface area contributed by atoms with E-state index in [1.165, 1.54) is 0 Å². The molecule has 0 heterocycles. The largest absolute Gasteiger partial charge is 0.352 e. The maximum Gasteiger partial charge on any atom is 0.251 e. The van der Waals surface area contributed by atoms with Crippen LogP contribution in [0.25, 0.3) is 0 Å². The van der Waals surface area contributed by atoms with Gasteiger partial charge in [0.1, 0.15) is 0 Å². The summed E-state index contributed by atoms with van der Waals surface area (Å²) in [5, 5.41) is 6.07. The van der Waals surface area contributed by atoms with Crippen LogP contribution >= 0.6 is 0 Å². The van der Waals surface area contributed by atoms with E-state index in [1.807, 2.05) is 26.0 Å². The van der Waals surface area contributed by atoms with Gasteiger partial charge in [-0.3, -0.25) is 9.59 Å². The van der Waals surface area contributed by atoms with Crippen LogP contribution in [0.4, 0.5) is 0 Å². The van der Waals surface area contributed by atoms with Gasteiger partial charge in [0.15, 0.2) is 0 Å². The number of nitrogens with one attached hydrogen (secondary N) is 2. The molecular formula is C20H31N3O2. The second kappa shape index (κ2) is 8.99. The number of amides is 2. The summed E-state index contributed by atoms with van der Waals surface area (Å²) in [4.78, 5) is 24.5. The Hall–Kier alpha value is -1.88. The maximum atomic E-state index is 12.5. The summed E-state index contributed by atoms with van der Waals surface area (Å²) in [6.45, 7) is 5.00. The highest BCUT2D eigenvalue weighted by Crippen LogP contribution is 2.24. The SMILES string of the molecule is CCC(CC)(CN)NC(=O)c1ccc(CNC(=O)C2CCCC2)cc1. The Bertz CT molecular complexity index is 565. The smallest absolute Gasteiger partial charge is 0.251 e. The molecule has 0 radical (unpaired) electrons. The van der Waals surface area contributed by atoms with Crippen LogP contribution in [0.2, 0.25) is 0 Å². The van der Waals surface area contributed by atoms with Gasteiger partial charge in [-0.1, -0.05) is 38.8 Å².